The lowest BCUT2D eigenvalue weighted by Crippen LogP contribution is -2.50. The number of ether oxygens (including phenoxy) is 2. The summed E-state index contributed by atoms with van der Waals surface area (Å²) in [5, 5.41) is 0. The normalized spacial score (nSPS) is 25.4. The molecule has 0 unspecified atom stereocenters. The second-order valence-corrected chi connectivity index (χ2v) is 7.40. The van der Waals surface area contributed by atoms with Crippen LogP contribution in [0.1, 0.15) is 31.2 Å². The minimum Gasteiger partial charge on any atom is -0.347 e. The fourth-order valence-corrected chi connectivity index (χ4v) is 3.92. The second kappa shape index (κ2) is 5.32. The number of carbonyl (C=O) groups is 1. The summed E-state index contributed by atoms with van der Waals surface area (Å²) in [7, 11) is 0. The van der Waals surface area contributed by atoms with Crippen LogP contribution in [-0.4, -0.2) is 42.9 Å². The van der Waals surface area contributed by atoms with Gasteiger partial charge in [0.2, 0.25) is 5.91 Å². The Balaban J connectivity index is 1.47. The molecule has 22 heavy (non-hydrogen) atoms. The average molecular weight is 366 g/mol. The Bertz CT molecular complexity index is 566. The highest BCUT2D eigenvalue weighted by molar-refractivity contribution is 9.10. The van der Waals surface area contributed by atoms with Gasteiger partial charge in [-0.1, -0.05) is 28.1 Å². The van der Waals surface area contributed by atoms with Gasteiger partial charge >= 0.3 is 0 Å². The van der Waals surface area contributed by atoms with Crippen LogP contribution in [0.5, 0.6) is 0 Å². The lowest BCUT2D eigenvalue weighted by Gasteiger charge is -2.39. The van der Waals surface area contributed by atoms with Crippen molar-refractivity contribution < 1.29 is 14.3 Å². The predicted octanol–water partition coefficient (Wildman–Crippen LogP) is 2.85. The summed E-state index contributed by atoms with van der Waals surface area (Å²) in [5.41, 5.74) is 0.872. The van der Waals surface area contributed by atoms with E-state index in [0.717, 1.165) is 48.8 Å². The highest BCUT2D eigenvalue weighted by Gasteiger charge is 2.54. The van der Waals surface area contributed by atoms with Crippen molar-refractivity contribution in [3.63, 3.8) is 0 Å². The van der Waals surface area contributed by atoms with Gasteiger partial charge in [-0.25, -0.2) is 0 Å². The first-order valence-corrected chi connectivity index (χ1v) is 8.76. The summed E-state index contributed by atoms with van der Waals surface area (Å²) < 4.78 is 12.5. The van der Waals surface area contributed by atoms with Crippen LogP contribution in [0.15, 0.2) is 28.7 Å². The molecule has 0 aromatic heterocycles. The van der Waals surface area contributed by atoms with Gasteiger partial charge in [-0.15, -0.1) is 0 Å². The monoisotopic (exact) mass is 365 g/mol. The first-order chi connectivity index (χ1) is 10.6. The van der Waals surface area contributed by atoms with Crippen LogP contribution in [0.3, 0.4) is 0 Å². The van der Waals surface area contributed by atoms with Gasteiger partial charge in [0.25, 0.3) is 0 Å². The van der Waals surface area contributed by atoms with Gasteiger partial charge in [0.1, 0.15) is 0 Å². The van der Waals surface area contributed by atoms with E-state index >= 15 is 0 Å². The molecule has 4 nitrogen and oxygen atoms in total. The zero-order chi connectivity index (χ0) is 15.2. The molecule has 118 valence electrons. The molecule has 1 aromatic rings. The van der Waals surface area contributed by atoms with Crippen molar-refractivity contribution in [1.82, 2.24) is 4.90 Å². The van der Waals surface area contributed by atoms with Gasteiger partial charge in [0.05, 0.1) is 18.6 Å². The van der Waals surface area contributed by atoms with Crippen LogP contribution >= 0.6 is 15.9 Å². The number of hydrogen-bond donors (Lipinski definition) is 0. The molecule has 0 atom stereocenters. The molecule has 1 saturated carbocycles. The minimum atomic E-state index is -0.412. The van der Waals surface area contributed by atoms with E-state index < -0.39 is 5.79 Å². The molecular formula is C17H20BrNO3. The summed E-state index contributed by atoms with van der Waals surface area (Å²) in [6.07, 6.45) is 3.49. The van der Waals surface area contributed by atoms with Crippen molar-refractivity contribution in [2.75, 3.05) is 26.3 Å². The number of rotatable bonds is 2. The molecule has 3 aliphatic rings. The molecule has 1 aliphatic carbocycles. The molecule has 1 amide bonds. The summed E-state index contributed by atoms with van der Waals surface area (Å²) in [4.78, 5) is 15.0. The molecule has 0 radical (unpaired) electrons. The molecule has 2 saturated heterocycles. The number of piperidine rings is 1. The SMILES string of the molecule is O=C(N1CCC2(CC1)OCCO2)C1(c2ccc(Br)cc2)CC1. The van der Waals surface area contributed by atoms with Gasteiger partial charge in [-0.2, -0.15) is 0 Å². The lowest BCUT2D eigenvalue weighted by molar-refractivity contribution is -0.188. The Morgan fingerprint density at radius 1 is 1.00 bits per heavy atom. The number of nitrogens with zero attached hydrogens (tertiary/aromatic N) is 1. The predicted molar refractivity (Wildman–Crippen MR) is 85.5 cm³/mol. The van der Waals surface area contributed by atoms with Crippen molar-refractivity contribution in [1.29, 1.82) is 0 Å². The molecule has 0 bridgehead atoms. The van der Waals surface area contributed by atoms with Gasteiger partial charge in [0.15, 0.2) is 5.79 Å². The highest BCUT2D eigenvalue weighted by atomic mass is 79.9. The topological polar surface area (TPSA) is 38.8 Å². The molecule has 5 heteroatoms. The van der Waals surface area contributed by atoms with Crippen molar-refractivity contribution in [3.8, 4) is 0 Å². The zero-order valence-corrected chi connectivity index (χ0v) is 14.1. The average Bonchev–Trinajstić information content (AvgIpc) is 3.24. The molecule has 1 aromatic carbocycles. The smallest absolute Gasteiger partial charge is 0.233 e. The number of carbonyl (C=O) groups excluding carboxylic acids is 1. The van der Waals surface area contributed by atoms with E-state index in [1.165, 1.54) is 0 Å². The van der Waals surface area contributed by atoms with Crippen LogP contribution in [0, 0.1) is 0 Å². The van der Waals surface area contributed by atoms with Crippen LogP contribution < -0.4 is 0 Å². The molecule has 2 aliphatic heterocycles. The Hall–Kier alpha value is -0.910. The van der Waals surface area contributed by atoms with Crippen LogP contribution in [-0.2, 0) is 19.7 Å². The van der Waals surface area contributed by atoms with Crippen LogP contribution in [0.4, 0.5) is 0 Å². The molecule has 4 rings (SSSR count). The van der Waals surface area contributed by atoms with E-state index in [0.29, 0.717) is 13.2 Å². The number of halogens is 1. The first-order valence-electron chi connectivity index (χ1n) is 7.97. The molecule has 0 N–H and O–H groups in total. The highest BCUT2D eigenvalue weighted by Crippen LogP contribution is 2.50. The van der Waals surface area contributed by atoms with Crippen molar-refractivity contribution in [3.05, 3.63) is 34.3 Å². The number of likely N-dealkylation sites (tertiary alicyclic amines) is 1. The fraction of sp³-hybridized carbons (Fsp3) is 0.588. The Morgan fingerprint density at radius 3 is 2.14 bits per heavy atom. The third-order valence-electron chi connectivity index (χ3n) is 5.18. The Morgan fingerprint density at radius 2 is 1.59 bits per heavy atom. The zero-order valence-electron chi connectivity index (χ0n) is 12.5. The van der Waals surface area contributed by atoms with E-state index in [2.05, 4.69) is 28.1 Å². The molecule has 1 spiro atoms. The van der Waals surface area contributed by atoms with E-state index in [9.17, 15) is 4.79 Å². The first kappa shape index (κ1) is 14.7. The summed E-state index contributed by atoms with van der Waals surface area (Å²) >= 11 is 3.46. The third-order valence-corrected chi connectivity index (χ3v) is 5.71. The summed E-state index contributed by atoms with van der Waals surface area (Å²) in [6.45, 7) is 2.82. The van der Waals surface area contributed by atoms with Gasteiger partial charge in [-0.3, -0.25) is 4.79 Å². The standard InChI is InChI=1S/C17H20BrNO3/c18-14-3-1-13(2-4-14)16(5-6-16)15(20)19-9-7-17(8-10-19)21-11-12-22-17/h1-4H,5-12H2. The van der Waals surface area contributed by atoms with Gasteiger partial charge in [-0.05, 0) is 30.5 Å². The van der Waals surface area contributed by atoms with Crippen molar-refractivity contribution in [2.45, 2.75) is 36.9 Å². The van der Waals surface area contributed by atoms with Gasteiger partial charge < -0.3 is 14.4 Å². The second-order valence-electron chi connectivity index (χ2n) is 6.49. The van der Waals surface area contributed by atoms with Crippen molar-refractivity contribution in [2.24, 2.45) is 0 Å². The maximum absolute atomic E-state index is 13.0. The van der Waals surface area contributed by atoms with E-state index in [-0.39, 0.29) is 11.3 Å². The number of amides is 1. The fourth-order valence-electron chi connectivity index (χ4n) is 3.66. The van der Waals surface area contributed by atoms with E-state index in [1.807, 2.05) is 17.0 Å². The maximum atomic E-state index is 13.0. The number of benzene rings is 1. The molecule has 3 fully saturated rings. The quantitative estimate of drug-likeness (QED) is 0.808. The molecule has 2 heterocycles. The minimum absolute atomic E-state index is 0.275. The summed E-state index contributed by atoms with van der Waals surface area (Å²) in [5.74, 6) is -0.131. The van der Waals surface area contributed by atoms with Crippen molar-refractivity contribution >= 4 is 21.8 Å². The van der Waals surface area contributed by atoms with Crippen LogP contribution in [0.25, 0.3) is 0 Å². The van der Waals surface area contributed by atoms with E-state index in [4.69, 9.17) is 9.47 Å². The van der Waals surface area contributed by atoms with E-state index in [1.54, 1.807) is 0 Å². The Labute approximate surface area is 138 Å². The largest absolute Gasteiger partial charge is 0.347 e. The number of hydrogen-bond acceptors (Lipinski definition) is 3. The molecular weight excluding hydrogens is 346 g/mol. The lowest BCUT2D eigenvalue weighted by atomic mass is 9.92. The Kier molecular flexibility index (Phi) is 3.55. The summed E-state index contributed by atoms with van der Waals surface area (Å²) in [6, 6.07) is 8.19. The van der Waals surface area contributed by atoms with Crippen LogP contribution in [0.2, 0.25) is 0 Å². The maximum Gasteiger partial charge on any atom is 0.233 e. The third kappa shape index (κ3) is 2.39. The van der Waals surface area contributed by atoms with Gasteiger partial charge in [0, 0.05) is 30.4 Å².